The van der Waals surface area contributed by atoms with Gasteiger partial charge in [0.25, 0.3) is 0 Å². The van der Waals surface area contributed by atoms with Gasteiger partial charge >= 0.3 is 5.97 Å². The van der Waals surface area contributed by atoms with E-state index in [1.165, 1.54) is 0 Å². The van der Waals surface area contributed by atoms with Crippen molar-refractivity contribution in [1.82, 2.24) is 0 Å². The Labute approximate surface area is 125 Å². The van der Waals surface area contributed by atoms with Gasteiger partial charge in [0.15, 0.2) is 0 Å². The first-order valence-electron chi connectivity index (χ1n) is 6.64. The molecule has 0 amide bonds. The van der Waals surface area contributed by atoms with Gasteiger partial charge in [0.2, 0.25) is 0 Å². The minimum Gasteiger partial charge on any atom is -0.455 e. The van der Waals surface area contributed by atoms with Crippen molar-refractivity contribution in [2.75, 3.05) is 11.9 Å². The molecule has 4 heteroatoms. The monoisotopic (exact) mass is 293 g/mol. The van der Waals surface area contributed by atoms with E-state index in [9.17, 15) is 4.79 Å². The molecule has 0 aromatic heterocycles. The molecule has 0 N–H and O–H groups in total. The molecule has 2 rings (SSSR count). The molecule has 1 aromatic carbocycles. The molecule has 1 heterocycles. The molecule has 0 saturated carbocycles. The van der Waals surface area contributed by atoms with Crippen LogP contribution in [0.1, 0.15) is 32.8 Å². The minimum atomic E-state index is -0.429. The zero-order valence-corrected chi connectivity index (χ0v) is 13.3. The summed E-state index contributed by atoms with van der Waals surface area (Å²) < 4.78 is 5.49. The average Bonchev–Trinajstić information content (AvgIpc) is 2.29. The van der Waals surface area contributed by atoms with E-state index >= 15 is 0 Å². The number of benzene rings is 1. The van der Waals surface area contributed by atoms with Gasteiger partial charge in [-0.15, -0.1) is 0 Å². The van der Waals surface area contributed by atoms with Crippen LogP contribution in [0.25, 0.3) is 0 Å². The van der Waals surface area contributed by atoms with E-state index in [2.05, 4.69) is 0 Å². The lowest BCUT2D eigenvalue weighted by molar-refractivity contribution is -0.153. The first-order chi connectivity index (χ1) is 9.21. The van der Waals surface area contributed by atoms with E-state index in [1.807, 2.05) is 57.8 Å². The van der Waals surface area contributed by atoms with Gasteiger partial charge in [0.05, 0.1) is 0 Å². The second-order valence-corrected chi connectivity index (χ2v) is 6.35. The van der Waals surface area contributed by atoms with Crippen LogP contribution >= 0.6 is 11.6 Å². The summed E-state index contributed by atoms with van der Waals surface area (Å²) in [7, 11) is 1.88. The largest absolute Gasteiger partial charge is 0.455 e. The molecule has 1 aliphatic heterocycles. The van der Waals surface area contributed by atoms with Crippen LogP contribution in [0.2, 0.25) is 5.02 Å². The lowest BCUT2D eigenvalue weighted by atomic mass is 9.94. The topological polar surface area (TPSA) is 29.5 Å². The van der Waals surface area contributed by atoms with Crippen molar-refractivity contribution >= 4 is 23.3 Å². The molecule has 0 saturated heterocycles. The number of aryl methyl sites for hydroxylation is 1. The molecule has 0 bridgehead atoms. The van der Waals surface area contributed by atoms with Gasteiger partial charge in [-0.25, -0.2) is 4.79 Å². The third kappa shape index (κ3) is 2.83. The third-order valence-electron chi connectivity index (χ3n) is 3.52. The molecular weight excluding hydrogens is 274 g/mol. The number of hydrogen-bond donors (Lipinski definition) is 0. The Morgan fingerprint density at radius 1 is 1.30 bits per heavy atom. The summed E-state index contributed by atoms with van der Waals surface area (Å²) in [6, 6.07) is 5.72. The van der Waals surface area contributed by atoms with Crippen LogP contribution in [0, 0.1) is 6.92 Å². The van der Waals surface area contributed by atoms with Gasteiger partial charge in [-0.1, -0.05) is 11.6 Å². The second-order valence-electron chi connectivity index (χ2n) is 5.95. The summed E-state index contributed by atoms with van der Waals surface area (Å²) in [4.78, 5) is 14.1. The number of ether oxygens (including phenoxy) is 1. The summed E-state index contributed by atoms with van der Waals surface area (Å²) in [5.41, 5.74) is 3.14. The van der Waals surface area contributed by atoms with Crippen LogP contribution in [-0.4, -0.2) is 18.6 Å². The smallest absolute Gasteiger partial charge is 0.355 e. The van der Waals surface area contributed by atoms with Gasteiger partial charge in [-0.3, -0.25) is 0 Å². The molecule has 0 atom stereocenters. The van der Waals surface area contributed by atoms with Crippen molar-refractivity contribution in [2.45, 2.75) is 39.7 Å². The maximum Gasteiger partial charge on any atom is 0.355 e. The number of cyclic esters (lactones) is 1. The highest BCUT2D eigenvalue weighted by molar-refractivity contribution is 6.31. The fraction of sp³-hybridized carbons (Fsp3) is 0.438. The van der Waals surface area contributed by atoms with E-state index in [4.69, 9.17) is 16.3 Å². The quantitative estimate of drug-likeness (QED) is 0.769. The van der Waals surface area contributed by atoms with E-state index in [0.717, 1.165) is 28.3 Å². The second kappa shape index (κ2) is 5.13. The molecule has 3 nitrogen and oxygen atoms in total. The van der Waals surface area contributed by atoms with Crippen LogP contribution in [0.3, 0.4) is 0 Å². The summed E-state index contributed by atoms with van der Waals surface area (Å²) in [6.45, 7) is 7.79. The molecule has 0 spiro atoms. The lowest BCUT2D eigenvalue weighted by Crippen LogP contribution is -2.38. The van der Waals surface area contributed by atoms with Crippen molar-refractivity contribution in [1.29, 1.82) is 0 Å². The van der Waals surface area contributed by atoms with Gasteiger partial charge in [-0.2, -0.15) is 0 Å². The van der Waals surface area contributed by atoms with Gasteiger partial charge in [0, 0.05) is 24.2 Å². The van der Waals surface area contributed by atoms with E-state index < -0.39 is 5.60 Å². The van der Waals surface area contributed by atoms with Crippen molar-refractivity contribution in [3.05, 3.63) is 40.1 Å². The summed E-state index contributed by atoms with van der Waals surface area (Å²) in [5, 5.41) is 0.722. The average molecular weight is 294 g/mol. The fourth-order valence-electron chi connectivity index (χ4n) is 2.62. The Morgan fingerprint density at radius 3 is 2.50 bits per heavy atom. The van der Waals surface area contributed by atoms with E-state index in [1.54, 1.807) is 0 Å². The molecule has 1 aromatic rings. The molecule has 0 radical (unpaired) electrons. The third-order valence-corrected chi connectivity index (χ3v) is 3.95. The molecular formula is C16H20ClNO2. The Morgan fingerprint density at radius 2 is 1.95 bits per heavy atom. The maximum atomic E-state index is 12.2. The number of carbonyl (C=O) groups is 1. The number of rotatable bonds is 2. The highest BCUT2D eigenvalue weighted by atomic mass is 35.5. The van der Waals surface area contributed by atoms with Crippen LogP contribution in [0.5, 0.6) is 0 Å². The number of esters is 1. The molecule has 20 heavy (non-hydrogen) atoms. The van der Waals surface area contributed by atoms with Crippen molar-refractivity contribution in [3.63, 3.8) is 0 Å². The molecule has 0 fully saturated rings. The van der Waals surface area contributed by atoms with Crippen LogP contribution in [0.15, 0.2) is 29.5 Å². The summed E-state index contributed by atoms with van der Waals surface area (Å²) in [5.74, 6) is -0.270. The van der Waals surface area contributed by atoms with Crippen molar-refractivity contribution in [3.8, 4) is 0 Å². The number of hydrogen-bond acceptors (Lipinski definition) is 3. The highest BCUT2D eigenvalue weighted by Gasteiger charge is 2.34. The van der Waals surface area contributed by atoms with Gasteiger partial charge in [-0.05, 0) is 57.0 Å². The lowest BCUT2D eigenvalue weighted by Gasteiger charge is -2.35. The number of likely N-dealkylation sites (N-methyl/N-ethyl adjacent to an activating group) is 1. The molecule has 0 unspecified atom stereocenters. The van der Waals surface area contributed by atoms with Crippen LogP contribution in [-0.2, 0) is 9.53 Å². The number of carbonyl (C=O) groups excluding carboxylic acids is 1. The van der Waals surface area contributed by atoms with Crippen LogP contribution < -0.4 is 4.90 Å². The number of anilines is 1. The Kier molecular flexibility index (Phi) is 3.83. The zero-order chi connectivity index (χ0) is 15.1. The standard InChI is InChI=1S/C16H20ClNO2/c1-10-8-12(6-7-13(10)17)18(5)14-11(2)9-16(3,4)20-15(14)19/h6-8H,9H2,1-5H3. The Balaban J connectivity index is 2.39. The molecule has 1 aliphatic rings. The number of nitrogens with zero attached hydrogens (tertiary/aromatic N) is 1. The summed E-state index contributed by atoms with van der Waals surface area (Å²) in [6.07, 6.45) is 0.741. The first kappa shape index (κ1) is 14.9. The normalized spacial score (nSPS) is 18.0. The van der Waals surface area contributed by atoms with E-state index in [0.29, 0.717) is 5.70 Å². The predicted octanol–water partition coefficient (Wildman–Crippen LogP) is 4.08. The van der Waals surface area contributed by atoms with Crippen molar-refractivity contribution < 1.29 is 9.53 Å². The van der Waals surface area contributed by atoms with E-state index in [-0.39, 0.29) is 5.97 Å². The Bertz CT molecular complexity index is 590. The highest BCUT2D eigenvalue weighted by Crippen LogP contribution is 2.33. The molecule has 0 aliphatic carbocycles. The fourth-order valence-corrected chi connectivity index (χ4v) is 2.74. The summed E-state index contributed by atoms with van der Waals surface area (Å²) >= 11 is 6.04. The maximum absolute atomic E-state index is 12.2. The predicted molar refractivity (Wildman–Crippen MR) is 82.1 cm³/mol. The van der Waals surface area contributed by atoms with Crippen molar-refractivity contribution in [2.24, 2.45) is 0 Å². The minimum absolute atomic E-state index is 0.270. The van der Waals surface area contributed by atoms with Gasteiger partial charge in [0.1, 0.15) is 11.3 Å². The van der Waals surface area contributed by atoms with Crippen LogP contribution in [0.4, 0.5) is 5.69 Å². The zero-order valence-electron chi connectivity index (χ0n) is 12.6. The van der Waals surface area contributed by atoms with Gasteiger partial charge < -0.3 is 9.64 Å². The SMILES string of the molecule is CC1=C(N(C)c2ccc(Cl)c(C)c2)C(=O)OC(C)(C)C1. The molecule has 108 valence electrons. The number of halogens is 1. The first-order valence-corrected chi connectivity index (χ1v) is 7.02. The Hall–Kier alpha value is -1.48.